The first kappa shape index (κ1) is 13.1. The van der Waals surface area contributed by atoms with Gasteiger partial charge in [-0.05, 0) is 58.2 Å². The lowest BCUT2D eigenvalue weighted by Gasteiger charge is -2.41. The minimum absolute atomic E-state index is 0.00160. The Morgan fingerprint density at radius 3 is 2.29 bits per heavy atom. The molecule has 0 saturated heterocycles. The van der Waals surface area contributed by atoms with Crippen LogP contribution in [0.1, 0.15) is 52.9 Å². The molecule has 98 valence electrons. The molecule has 0 N–H and O–H groups in total. The van der Waals surface area contributed by atoms with Crippen molar-refractivity contribution in [2.75, 3.05) is 20.6 Å². The number of nitrogens with zero attached hydrogens (tertiary/aromatic N) is 1. The molecule has 2 bridgehead atoms. The highest BCUT2D eigenvalue weighted by Crippen LogP contribution is 2.69. The van der Waals surface area contributed by atoms with Crippen LogP contribution in [0.25, 0.3) is 0 Å². The SMILES string of the molecule is CN(C)CCCC12CCC(C)(C1)C(=O)C2(C)C. The lowest BCUT2D eigenvalue weighted by atomic mass is 9.61. The molecule has 0 aromatic carbocycles. The largest absolute Gasteiger partial charge is 0.309 e. The van der Waals surface area contributed by atoms with Crippen LogP contribution in [0.3, 0.4) is 0 Å². The van der Waals surface area contributed by atoms with Crippen LogP contribution in [0.4, 0.5) is 0 Å². The summed E-state index contributed by atoms with van der Waals surface area (Å²) in [6.07, 6.45) is 5.96. The van der Waals surface area contributed by atoms with E-state index in [2.05, 4.69) is 39.8 Å². The van der Waals surface area contributed by atoms with E-state index in [1.807, 2.05) is 0 Å². The van der Waals surface area contributed by atoms with Gasteiger partial charge in [0, 0.05) is 10.8 Å². The third kappa shape index (κ3) is 1.76. The van der Waals surface area contributed by atoms with Crippen LogP contribution in [0.15, 0.2) is 0 Å². The predicted molar refractivity (Wildman–Crippen MR) is 71.0 cm³/mol. The van der Waals surface area contributed by atoms with Gasteiger partial charge in [0.25, 0.3) is 0 Å². The quantitative estimate of drug-likeness (QED) is 0.749. The molecular weight excluding hydrogens is 210 g/mol. The maximum atomic E-state index is 12.5. The van der Waals surface area contributed by atoms with Crippen LogP contribution >= 0.6 is 0 Å². The molecule has 2 rings (SSSR count). The van der Waals surface area contributed by atoms with Gasteiger partial charge in [0.2, 0.25) is 0 Å². The Balaban J connectivity index is 2.12. The van der Waals surface area contributed by atoms with Crippen molar-refractivity contribution in [3.8, 4) is 0 Å². The maximum Gasteiger partial charge on any atom is 0.144 e. The number of hydrogen-bond acceptors (Lipinski definition) is 2. The first-order valence-electron chi connectivity index (χ1n) is 6.93. The fourth-order valence-electron chi connectivity index (χ4n) is 4.42. The maximum absolute atomic E-state index is 12.5. The van der Waals surface area contributed by atoms with E-state index in [1.54, 1.807) is 0 Å². The van der Waals surface area contributed by atoms with E-state index in [1.165, 1.54) is 19.3 Å². The normalized spacial score (nSPS) is 39.3. The summed E-state index contributed by atoms with van der Waals surface area (Å²) in [5, 5.41) is 0. The highest BCUT2D eigenvalue weighted by atomic mass is 16.1. The minimum Gasteiger partial charge on any atom is -0.309 e. The summed E-state index contributed by atoms with van der Waals surface area (Å²) >= 11 is 0. The van der Waals surface area contributed by atoms with Crippen LogP contribution in [0.2, 0.25) is 0 Å². The molecule has 2 aliphatic rings. The van der Waals surface area contributed by atoms with E-state index in [0.717, 1.165) is 19.4 Å². The number of ketones is 1. The predicted octanol–water partition coefficient (Wildman–Crippen LogP) is 3.11. The van der Waals surface area contributed by atoms with Gasteiger partial charge in [0.15, 0.2) is 0 Å². The second-order valence-corrected chi connectivity index (χ2v) is 7.38. The molecule has 0 aromatic rings. The fraction of sp³-hybridized carbons (Fsp3) is 0.933. The summed E-state index contributed by atoms with van der Waals surface area (Å²) in [6.45, 7) is 7.71. The van der Waals surface area contributed by atoms with E-state index >= 15 is 0 Å². The van der Waals surface area contributed by atoms with Crippen LogP contribution in [0, 0.1) is 16.2 Å². The summed E-state index contributed by atoms with van der Waals surface area (Å²) in [7, 11) is 4.25. The van der Waals surface area contributed by atoms with Crippen molar-refractivity contribution in [1.82, 2.24) is 4.90 Å². The number of hydrogen-bond donors (Lipinski definition) is 0. The number of rotatable bonds is 4. The average molecular weight is 237 g/mol. The van der Waals surface area contributed by atoms with E-state index in [9.17, 15) is 4.79 Å². The highest BCUT2D eigenvalue weighted by Gasteiger charge is 2.66. The number of fused-ring (bicyclic) bond motifs is 2. The molecule has 2 aliphatic carbocycles. The van der Waals surface area contributed by atoms with Gasteiger partial charge in [-0.1, -0.05) is 20.8 Å². The Kier molecular flexibility index (Phi) is 2.93. The van der Waals surface area contributed by atoms with Gasteiger partial charge in [0.1, 0.15) is 5.78 Å². The van der Waals surface area contributed by atoms with Gasteiger partial charge in [-0.3, -0.25) is 4.79 Å². The lowest BCUT2D eigenvalue weighted by molar-refractivity contribution is -0.137. The smallest absolute Gasteiger partial charge is 0.144 e. The third-order valence-electron chi connectivity index (χ3n) is 5.59. The van der Waals surface area contributed by atoms with Gasteiger partial charge in [-0.25, -0.2) is 0 Å². The summed E-state index contributed by atoms with van der Waals surface area (Å²) in [5.74, 6) is 0.529. The second-order valence-electron chi connectivity index (χ2n) is 7.38. The number of carbonyl (C=O) groups excluding carboxylic acids is 1. The van der Waals surface area contributed by atoms with E-state index in [0.29, 0.717) is 11.2 Å². The summed E-state index contributed by atoms with van der Waals surface area (Å²) in [6, 6.07) is 0. The molecule has 0 aliphatic heterocycles. The topological polar surface area (TPSA) is 20.3 Å². The Labute approximate surface area is 106 Å². The first-order valence-corrected chi connectivity index (χ1v) is 6.93. The summed E-state index contributed by atoms with van der Waals surface area (Å²) < 4.78 is 0. The van der Waals surface area contributed by atoms with Gasteiger partial charge < -0.3 is 4.90 Å². The average Bonchev–Trinajstić information content (AvgIpc) is 2.62. The fourth-order valence-corrected chi connectivity index (χ4v) is 4.42. The van der Waals surface area contributed by atoms with Crippen molar-refractivity contribution in [2.24, 2.45) is 16.2 Å². The van der Waals surface area contributed by atoms with Gasteiger partial charge >= 0.3 is 0 Å². The van der Waals surface area contributed by atoms with Crippen molar-refractivity contribution < 1.29 is 4.79 Å². The first-order chi connectivity index (χ1) is 7.74. The minimum atomic E-state index is -0.0910. The van der Waals surface area contributed by atoms with E-state index in [4.69, 9.17) is 0 Å². The number of Topliss-reactive ketones (excluding diaryl/α,β-unsaturated/α-hetero) is 1. The molecule has 0 heterocycles. The molecule has 2 nitrogen and oxygen atoms in total. The molecule has 0 spiro atoms. The second kappa shape index (κ2) is 3.81. The number of carbonyl (C=O) groups is 1. The molecule has 2 unspecified atom stereocenters. The Morgan fingerprint density at radius 1 is 1.18 bits per heavy atom. The van der Waals surface area contributed by atoms with Gasteiger partial charge in [-0.2, -0.15) is 0 Å². The molecule has 2 saturated carbocycles. The van der Waals surface area contributed by atoms with Crippen LogP contribution in [0.5, 0.6) is 0 Å². The van der Waals surface area contributed by atoms with Gasteiger partial charge in [-0.15, -0.1) is 0 Å². The van der Waals surface area contributed by atoms with Crippen LogP contribution in [-0.4, -0.2) is 31.3 Å². The van der Waals surface area contributed by atoms with Crippen molar-refractivity contribution >= 4 is 5.78 Å². The lowest BCUT2D eigenvalue weighted by Crippen LogP contribution is -2.41. The molecule has 0 amide bonds. The van der Waals surface area contributed by atoms with Crippen molar-refractivity contribution in [2.45, 2.75) is 52.9 Å². The molecular formula is C15H27NO. The Bertz CT molecular complexity index is 334. The molecule has 0 radical (unpaired) electrons. The molecule has 2 atom stereocenters. The summed E-state index contributed by atoms with van der Waals surface area (Å²) in [5.41, 5.74) is 0.211. The zero-order chi connectivity index (χ0) is 12.9. The van der Waals surface area contributed by atoms with E-state index in [-0.39, 0.29) is 10.8 Å². The summed E-state index contributed by atoms with van der Waals surface area (Å²) in [4.78, 5) is 14.7. The van der Waals surface area contributed by atoms with Crippen molar-refractivity contribution in [3.05, 3.63) is 0 Å². The molecule has 17 heavy (non-hydrogen) atoms. The standard InChI is InChI=1S/C15H27NO/c1-13(2)12(17)14(3)8-9-15(13,11-14)7-6-10-16(4)5/h6-11H2,1-5H3. The van der Waals surface area contributed by atoms with Gasteiger partial charge in [0.05, 0.1) is 0 Å². The van der Waals surface area contributed by atoms with Crippen molar-refractivity contribution in [1.29, 1.82) is 0 Å². The van der Waals surface area contributed by atoms with Crippen LogP contribution in [-0.2, 0) is 4.79 Å². The zero-order valence-electron chi connectivity index (χ0n) is 12.1. The zero-order valence-corrected chi connectivity index (χ0v) is 12.1. The van der Waals surface area contributed by atoms with E-state index < -0.39 is 0 Å². The Hall–Kier alpha value is -0.370. The molecule has 2 fully saturated rings. The highest BCUT2D eigenvalue weighted by molar-refractivity contribution is 5.93. The van der Waals surface area contributed by atoms with Crippen LogP contribution < -0.4 is 0 Å². The molecule has 2 heteroatoms. The monoisotopic (exact) mass is 237 g/mol. The molecule has 0 aromatic heterocycles. The third-order valence-corrected chi connectivity index (χ3v) is 5.59. The van der Waals surface area contributed by atoms with Crippen molar-refractivity contribution in [3.63, 3.8) is 0 Å². The Morgan fingerprint density at radius 2 is 1.82 bits per heavy atom.